The average Bonchev–Trinajstić information content (AvgIpc) is 2.62. The molecule has 0 unspecified atom stereocenters. The van der Waals surface area contributed by atoms with E-state index in [2.05, 4.69) is 94.4 Å². The molecule has 0 amide bonds. The minimum absolute atomic E-state index is 0.0384. The fraction of sp³-hybridized carbons (Fsp3) is 0.391. The molecule has 0 N–H and O–H groups in total. The second-order valence-corrected chi connectivity index (χ2v) is 12.4. The fourth-order valence-electron chi connectivity index (χ4n) is 3.57. The molecule has 0 bridgehead atoms. The van der Waals surface area contributed by atoms with E-state index in [9.17, 15) is 0 Å². The van der Waals surface area contributed by atoms with Crippen LogP contribution in [0.4, 0.5) is 0 Å². The van der Waals surface area contributed by atoms with Gasteiger partial charge in [0.25, 0.3) is 8.32 Å². The lowest BCUT2D eigenvalue weighted by atomic mass is 10.2. The Kier molecular flexibility index (Phi) is 7.69. The van der Waals surface area contributed by atoms with E-state index >= 15 is 0 Å². The van der Waals surface area contributed by atoms with E-state index < -0.39 is 8.32 Å². The second kappa shape index (κ2) is 9.54. The standard InChI is InChI=1S/C23H31ClOSi/c1-20(17-18-24)12-11-19-25-26(23(2,3)4,21-13-7-5-8-14-21)22-15-9-6-10-16-22/h5-10,13-17H,11-12,18-19H2,1-4H3. The second-order valence-electron chi connectivity index (χ2n) is 7.82. The molecule has 26 heavy (non-hydrogen) atoms. The number of halogens is 1. The smallest absolute Gasteiger partial charge is 0.261 e. The van der Waals surface area contributed by atoms with Crippen LogP contribution >= 0.6 is 11.6 Å². The maximum atomic E-state index is 6.87. The molecule has 2 aromatic carbocycles. The molecule has 0 fully saturated rings. The zero-order chi connectivity index (χ0) is 19.0. The van der Waals surface area contributed by atoms with Gasteiger partial charge in [0, 0.05) is 12.5 Å². The van der Waals surface area contributed by atoms with Gasteiger partial charge in [-0.05, 0) is 35.2 Å². The number of allylic oxidation sites excluding steroid dienone is 2. The van der Waals surface area contributed by atoms with Crippen LogP contribution in [0.25, 0.3) is 0 Å². The first-order valence-electron chi connectivity index (χ1n) is 9.38. The molecule has 0 spiro atoms. The predicted molar refractivity (Wildman–Crippen MR) is 117 cm³/mol. The summed E-state index contributed by atoms with van der Waals surface area (Å²) < 4.78 is 6.87. The lowest BCUT2D eigenvalue weighted by Gasteiger charge is -2.43. The van der Waals surface area contributed by atoms with Gasteiger partial charge in [-0.25, -0.2) is 0 Å². The van der Waals surface area contributed by atoms with Crippen molar-refractivity contribution < 1.29 is 4.43 Å². The van der Waals surface area contributed by atoms with E-state index in [-0.39, 0.29) is 5.04 Å². The monoisotopic (exact) mass is 386 g/mol. The lowest BCUT2D eigenvalue weighted by molar-refractivity contribution is 0.292. The third-order valence-electron chi connectivity index (χ3n) is 4.88. The molecular formula is C23H31ClOSi. The van der Waals surface area contributed by atoms with Crippen molar-refractivity contribution in [2.45, 2.75) is 45.6 Å². The van der Waals surface area contributed by atoms with Gasteiger partial charge in [-0.2, -0.15) is 0 Å². The highest BCUT2D eigenvalue weighted by molar-refractivity contribution is 6.99. The number of alkyl halides is 1. The van der Waals surface area contributed by atoms with E-state index in [1.807, 2.05) is 0 Å². The van der Waals surface area contributed by atoms with E-state index in [1.165, 1.54) is 15.9 Å². The van der Waals surface area contributed by atoms with E-state index in [0.29, 0.717) is 5.88 Å². The molecule has 0 radical (unpaired) electrons. The van der Waals surface area contributed by atoms with Crippen LogP contribution in [0.2, 0.25) is 5.04 Å². The first-order valence-corrected chi connectivity index (χ1v) is 11.8. The average molecular weight is 387 g/mol. The van der Waals surface area contributed by atoms with Crippen LogP contribution in [0.3, 0.4) is 0 Å². The molecule has 3 heteroatoms. The SMILES string of the molecule is CC(=CCCl)CCCO[Si](c1ccccc1)(c1ccccc1)C(C)(C)C. The Hall–Kier alpha value is -1.35. The summed E-state index contributed by atoms with van der Waals surface area (Å²) >= 11 is 5.80. The van der Waals surface area contributed by atoms with Crippen molar-refractivity contribution in [2.24, 2.45) is 0 Å². The summed E-state index contributed by atoms with van der Waals surface area (Å²) in [6.45, 7) is 9.86. The Balaban J connectivity index is 2.36. The maximum absolute atomic E-state index is 6.87. The summed E-state index contributed by atoms with van der Waals surface area (Å²) in [7, 11) is -2.39. The van der Waals surface area contributed by atoms with Gasteiger partial charge < -0.3 is 4.43 Å². The molecule has 0 aliphatic carbocycles. The van der Waals surface area contributed by atoms with Crippen LogP contribution in [-0.4, -0.2) is 20.8 Å². The summed E-state index contributed by atoms with van der Waals surface area (Å²) in [5, 5.41) is 2.72. The van der Waals surface area contributed by atoms with Crippen LogP contribution in [-0.2, 0) is 4.43 Å². The van der Waals surface area contributed by atoms with Gasteiger partial charge in [0.05, 0.1) is 0 Å². The highest BCUT2D eigenvalue weighted by atomic mass is 35.5. The molecule has 0 atom stereocenters. The Morgan fingerprint density at radius 1 is 0.962 bits per heavy atom. The van der Waals surface area contributed by atoms with Crippen molar-refractivity contribution in [2.75, 3.05) is 12.5 Å². The minimum Gasteiger partial charge on any atom is -0.407 e. The third kappa shape index (κ3) is 4.88. The lowest BCUT2D eigenvalue weighted by Crippen LogP contribution is -2.66. The first kappa shape index (κ1) is 21.0. The van der Waals surface area contributed by atoms with Gasteiger partial charge in [-0.15, -0.1) is 11.6 Å². The zero-order valence-corrected chi connectivity index (χ0v) is 18.2. The molecule has 0 aromatic heterocycles. The van der Waals surface area contributed by atoms with E-state index in [1.54, 1.807) is 0 Å². The van der Waals surface area contributed by atoms with Crippen molar-refractivity contribution in [1.82, 2.24) is 0 Å². The number of hydrogen-bond acceptors (Lipinski definition) is 1. The molecule has 0 saturated heterocycles. The minimum atomic E-state index is -2.39. The predicted octanol–water partition coefficient (Wildman–Crippen LogP) is 5.53. The molecule has 0 heterocycles. The first-order chi connectivity index (χ1) is 12.4. The topological polar surface area (TPSA) is 9.23 Å². The summed E-state index contributed by atoms with van der Waals surface area (Å²) in [4.78, 5) is 0. The van der Waals surface area contributed by atoms with Crippen molar-refractivity contribution in [3.63, 3.8) is 0 Å². The van der Waals surface area contributed by atoms with E-state index in [4.69, 9.17) is 16.0 Å². The van der Waals surface area contributed by atoms with Crippen molar-refractivity contribution in [3.05, 3.63) is 72.3 Å². The van der Waals surface area contributed by atoms with Gasteiger partial charge >= 0.3 is 0 Å². The van der Waals surface area contributed by atoms with Crippen LogP contribution in [0.5, 0.6) is 0 Å². The van der Waals surface area contributed by atoms with Crippen molar-refractivity contribution >= 4 is 30.3 Å². The highest BCUT2D eigenvalue weighted by Gasteiger charge is 2.49. The summed E-state index contributed by atoms with van der Waals surface area (Å²) in [5.74, 6) is 0.585. The van der Waals surface area contributed by atoms with Crippen molar-refractivity contribution in [1.29, 1.82) is 0 Å². The highest BCUT2D eigenvalue weighted by Crippen LogP contribution is 2.36. The van der Waals surface area contributed by atoms with Gasteiger partial charge in [0.2, 0.25) is 0 Å². The van der Waals surface area contributed by atoms with Gasteiger partial charge in [0.1, 0.15) is 0 Å². The van der Waals surface area contributed by atoms with Gasteiger partial charge in [0.15, 0.2) is 0 Å². The third-order valence-corrected chi connectivity index (χ3v) is 10.1. The number of hydrogen-bond donors (Lipinski definition) is 0. The van der Waals surface area contributed by atoms with Gasteiger partial charge in [-0.1, -0.05) is 93.1 Å². The molecule has 2 rings (SSSR count). The molecule has 0 aliphatic rings. The molecule has 0 saturated carbocycles. The zero-order valence-electron chi connectivity index (χ0n) is 16.5. The Bertz CT molecular complexity index is 650. The Labute approximate surface area is 165 Å². The number of rotatable bonds is 8. The Morgan fingerprint density at radius 2 is 1.46 bits per heavy atom. The van der Waals surface area contributed by atoms with Crippen LogP contribution < -0.4 is 10.4 Å². The molecule has 140 valence electrons. The summed E-state index contributed by atoms with van der Waals surface area (Å²) in [6, 6.07) is 21.6. The van der Waals surface area contributed by atoms with E-state index in [0.717, 1.165) is 19.4 Å². The van der Waals surface area contributed by atoms with Crippen LogP contribution in [0, 0.1) is 0 Å². The summed E-state index contributed by atoms with van der Waals surface area (Å²) in [6.07, 6.45) is 4.14. The largest absolute Gasteiger partial charge is 0.407 e. The van der Waals surface area contributed by atoms with Crippen LogP contribution in [0.15, 0.2) is 72.3 Å². The molecule has 2 aromatic rings. The maximum Gasteiger partial charge on any atom is 0.261 e. The van der Waals surface area contributed by atoms with Gasteiger partial charge in [-0.3, -0.25) is 0 Å². The quantitative estimate of drug-likeness (QED) is 0.251. The van der Waals surface area contributed by atoms with Crippen molar-refractivity contribution in [3.8, 4) is 0 Å². The van der Waals surface area contributed by atoms with Crippen LogP contribution in [0.1, 0.15) is 40.5 Å². The Morgan fingerprint density at radius 3 is 1.88 bits per heavy atom. The normalized spacial score (nSPS) is 13.0. The molecule has 0 aliphatic heterocycles. The summed E-state index contributed by atoms with van der Waals surface area (Å²) in [5.41, 5.74) is 1.34. The number of benzene rings is 2. The molecular weight excluding hydrogens is 356 g/mol. The fourth-order valence-corrected chi connectivity index (χ4v) is 8.44. The molecule has 1 nitrogen and oxygen atoms in total.